The van der Waals surface area contributed by atoms with E-state index in [-0.39, 0.29) is 0 Å². The molecule has 0 unspecified atom stereocenters. The van der Waals surface area contributed by atoms with Crippen LogP contribution in [0.15, 0.2) is 12.1 Å². The number of aromatic nitrogens is 1. The molecule has 1 aromatic heterocycles. The fourth-order valence-corrected chi connectivity index (χ4v) is 1.80. The minimum atomic E-state index is 0.674. The van der Waals surface area contributed by atoms with Gasteiger partial charge in [0, 0.05) is 18.3 Å². The molecular weight excluding hydrogens is 236 g/mol. The maximum atomic E-state index is 5.72. The van der Waals surface area contributed by atoms with Gasteiger partial charge in [0.05, 0.1) is 6.61 Å². The average Bonchev–Trinajstić information content (AvgIpc) is 2.38. The van der Waals surface area contributed by atoms with Crippen molar-refractivity contribution in [3.8, 4) is 5.88 Å². The zero-order chi connectivity index (χ0) is 14.1. The maximum absolute atomic E-state index is 5.72. The first kappa shape index (κ1) is 16.0. The second-order valence-electron chi connectivity index (χ2n) is 5.39. The molecule has 1 rings (SSSR count). The topological polar surface area (TPSA) is 34.1 Å². The lowest BCUT2D eigenvalue weighted by atomic mass is 10.2. The van der Waals surface area contributed by atoms with Crippen LogP contribution >= 0.6 is 0 Å². The first-order chi connectivity index (χ1) is 9.15. The van der Waals surface area contributed by atoms with Crippen LogP contribution in [0.25, 0.3) is 0 Å². The lowest BCUT2D eigenvalue weighted by Crippen LogP contribution is -2.19. The van der Waals surface area contributed by atoms with Crippen molar-refractivity contribution >= 4 is 0 Å². The van der Waals surface area contributed by atoms with E-state index in [4.69, 9.17) is 4.74 Å². The summed E-state index contributed by atoms with van der Waals surface area (Å²) in [6.07, 6.45) is 3.18. The Bertz CT molecular complexity index is 364. The quantitative estimate of drug-likeness (QED) is 0.692. The average molecular weight is 264 g/mol. The van der Waals surface area contributed by atoms with Crippen molar-refractivity contribution in [2.45, 2.75) is 53.5 Å². The van der Waals surface area contributed by atoms with Crippen LogP contribution < -0.4 is 10.1 Å². The van der Waals surface area contributed by atoms with Crippen LogP contribution in [-0.2, 0) is 13.0 Å². The molecule has 0 saturated heterocycles. The molecule has 3 nitrogen and oxygen atoms in total. The molecule has 0 saturated carbocycles. The van der Waals surface area contributed by atoms with Gasteiger partial charge in [0.1, 0.15) is 0 Å². The van der Waals surface area contributed by atoms with E-state index in [1.54, 1.807) is 0 Å². The Hall–Kier alpha value is -1.09. The molecule has 108 valence electrons. The molecule has 0 bridgehead atoms. The molecule has 0 spiro atoms. The Morgan fingerprint density at radius 1 is 1.26 bits per heavy atom. The Labute approximate surface area is 117 Å². The first-order valence-electron chi connectivity index (χ1n) is 7.49. The van der Waals surface area contributed by atoms with Gasteiger partial charge in [0.15, 0.2) is 0 Å². The predicted octanol–water partition coefficient (Wildman–Crippen LogP) is 3.57. The van der Waals surface area contributed by atoms with Crippen LogP contribution in [0.1, 0.15) is 51.8 Å². The van der Waals surface area contributed by atoms with Gasteiger partial charge in [-0.05, 0) is 36.9 Å². The van der Waals surface area contributed by atoms with E-state index in [2.05, 4.69) is 50.1 Å². The minimum Gasteiger partial charge on any atom is -0.478 e. The van der Waals surface area contributed by atoms with Gasteiger partial charge in [-0.1, -0.05) is 34.1 Å². The monoisotopic (exact) mass is 264 g/mol. The number of pyridine rings is 1. The van der Waals surface area contributed by atoms with Crippen LogP contribution in [0.4, 0.5) is 0 Å². The van der Waals surface area contributed by atoms with Crippen molar-refractivity contribution in [3.05, 3.63) is 23.4 Å². The third-order valence-electron chi connectivity index (χ3n) is 2.91. The molecular formula is C16H28N2O. The van der Waals surface area contributed by atoms with Gasteiger partial charge in [-0.15, -0.1) is 0 Å². The van der Waals surface area contributed by atoms with Gasteiger partial charge in [-0.2, -0.15) is 0 Å². The van der Waals surface area contributed by atoms with E-state index in [1.807, 2.05) is 0 Å². The number of hydrogen-bond donors (Lipinski definition) is 1. The summed E-state index contributed by atoms with van der Waals surface area (Å²) in [5.74, 6) is 1.45. The minimum absolute atomic E-state index is 0.674. The van der Waals surface area contributed by atoms with Crippen molar-refractivity contribution in [1.29, 1.82) is 0 Å². The smallest absolute Gasteiger partial charge is 0.213 e. The fraction of sp³-hybridized carbons (Fsp3) is 0.688. The maximum Gasteiger partial charge on any atom is 0.213 e. The predicted molar refractivity (Wildman–Crippen MR) is 80.6 cm³/mol. The normalized spacial score (nSPS) is 11.0. The van der Waals surface area contributed by atoms with Gasteiger partial charge in [-0.25, -0.2) is 4.98 Å². The third kappa shape index (κ3) is 6.58. The van der Waals surface area contributed by atoms with E-state index in [9.17, 15) is 0 Å². The molecule has 0 aromatic carbocycles. The van der Waals surface area contributed by atoms with E-state index in [0.717, 1.165) is 50.5 Å². The number of ether oxygens (including phenoxy) is 1. The zero-order valence-electron chi connectivity index (χ0n) is 12.8. The highest BCUT2D eigenvalue weighted by Gasteiger charge is 2.03. The van der Waals surface area contributed by atoms with Crippen molar-refractivity contribution in [2.75, 3.05) is 13.2 Å². The molecule has 0 radical (unpaired) electrons. The zero-order valence-corrected chi connectivity index (χ0v) is 12.8. The van der Waals surface area contributed by atoms with Crippen LogP contribution in [0, 0.1) is 5.92 Å². The molecule has 19 heavy (non-hydrogen) atoms. The van der Waals surface area contributed by atoms with Crippen LogP contribution in [0.3, 0.4) is 0 Å². The van der Waals surface area contributed by atoms with Crippen molar-refractivity contribution < 1.29 is 4.74 Å². The second kappa shape index (κ2) is 8.92. The molecule has 3 heteroatoms. The molecule has 0 aliphatic heterocycles. The van der Waals surface area contributed by atoms with Crippen molar-refractivity contribution in [2.24, 2.45) is 5.92 Å². The van der Waals surface area contributed by atoms with E-state index >= 15 is 0 Å². The first-order valence-corrected chi connectivity index (χ1v) is 7.49. The van der Waals surface area contributed by atoms with E-state index in [1.165, 1.54) is 5.56 Å². The van der Waals surface area contributed by atoms with Gasteiger partial charge in [0.2, 0.25) is 5.88 Å². The van der Waals surface area contributed by atoms with E-state index in [0.29, 0.717) is 5.92 Å². The standard InChI is InChI=1S/C16H28N2O/c1-5-7-8-19-16-10-14(9-15(6-2)18-16)12-17-11-13(3)4/h9-10,13,17H,5-8,11-12H2,1-4H3. The molecule has 1 N–H and O–H groups in total. The highest BCUT2D eigenvalue weighted by atomic mass is 16.5. The van der Waals surface area contributed by atoms with Crippen LogP contribution in [0.2, 0.25) is 0 Å². The second-order valence-corrected chi connectivity index (χ2v) is 5.39. The Morgan fingerprint density at radius 3 is 2.68 bits per heavy atom. The van der Waals surface area contributed by atoms with Gasteiger partial charge < -0.3 is 10.1 Å². The molecule has 0 aliphatic rings. The van der Waals surface area contributed by atoms with Gasteiger partial charge in [0.25, 0.3) is 0 Å². The molecule has 0 fully saturated rings. The highest BCUT2D eigenvalue weighted by molar-refractivity contribution is 5.25. The Balaban J connectivity index is 2.60. The van der Waals surface area contributed by atoms with E-state index < -0.39 is 0 Å². The number of unbranched alkanes of at least 4 members (excludes halogenated alkanes) is 1. The Morgan fingerprint density at radius 2 is 2.05 bits per heavy atom. The molecule has 0 atom stereocenters. The lowest BCUT2D eigenvalue weighted by Gasteiger charge is -2.11. The summed E-state index contributed by atoms with van der Waals surface area (Å²) in [6, 6.07) is 4.22. The number of nitrogens with one attached hydrogen (secondary N) is 1. The molecule has 0 amide bonds. The van der Waals surface area contributed by atoms with Crippen LogP contribution in [-0.4, -0.2) is 18.1 Å². The number of rotatable bonds is 9. The summed E-state index contributed by atoms with van der Waals surface area (Å²) in [4.78, 5) is 4.52. The molecule has 1 aromatic rings. The summed E-state index contributed by atoms with van der Waals surface area (Å²) in [7, 11) is 0. The summed E-state index contributed by atoms with van der Waals surface area (Å²) in [5, 5.41) is 3.46. The summed E-state index contributed by atoms with van der Waals surface area (Å²) >= 11 is 0. The number of aryl methyl sites for hydroxylation is 1. The lowest BCUT2D eigenvalue weighted by molar-refractivity contribution is 0.296. The van der Waals surface area contributed by atoms with Crippen molar-refractivity contribution in [3.63, 3.8) is 0 Å². The number of hydrogen-bond acceptors (Lipinski definition) is 3. The fourth-order valence-electron chi connectivity index (χ4n) is 1.80. The van der Waals surface area contributed by atoms with Gasteiger partial charge >= 0.3 is 0 Å². The van der Waals surface area contributed by atoms with Gasteiger partial charge in [-0.3, -0.25) is 0 Å². The highest BCUT2D eigenvalue weighted by Crippen LogP contribution is 2.14. The summed E-state index contributed by atoms with van der Waals surface area (Å²) in [5.41, 5.74) is 2.37. The molecule has 0 aliphatic carbocycles. The number of nitrogens with zero attached hydrogens (tertiary/aromatic N) is 1. The Kier molecular flexibility index (Phi) is 7.49. The van der Waals surface area contributed by atoms with Crippen LogP contribution in [0.5, 0.6) is 5.88 Å². The SMILES string of the molecule is CCCCOc1cc(CNCC(C)C)cc(CC)n1. The third-order valence-corrected chi connectivity index (χ3v) is 2.91. The van der Waals surface area contributed by atoms with Crippen molar-refractivity contribution in [1.82, 2.24) is 10.3 Å². The largest absolute Gasteiger partial charge is 0.478 e. The summed E-state index contributed by atoms with van der Waals surface area (Å²) < 4.78 is 5.72. The summed E-state index contributed by atoms with van der Waals surface area (Å²) in [6.45, 7) is 11.4. The molecule has 1 heterocycles.